The quantitative estimate of drug-likeness (QED) is 0.694. The Kier molecular flexibility index (Phi) is 5.34. The first-order chi connectivity index (χ1) is 13.3. The fourth-order valence-corrected chi connectivity index (χ4v) is 3.26. The zero-order valence-electron chi connectivity index (χ0n) is 15.1. The number of carbonyl (C=O) groups excluding carboxylic acids is 1. The standard InChI is InChI=1S/C21H23N3O3/c25-21(10-11-24-15-22-19-8-1-2-9-20(19)24)23-16-5-3-6-17(13-16)27-14-18-7-4-12-26-18/h1-3,5-6,8-9,13,15,18H,4,7,10-12,14H2,(H,23,25). The van der Waals surface area contributed by atoms with Gasteiger partial charge in [0.25, 0.3) is 0 Å². The molecular weight excluding hydrogens is 342 g/mol. The number of hydrogen-bond acceptors (Lipinski definition) is 4. The van der Waals surface area contributed by atoms with Crippen LogP contribution in [0.4, 0.5) is 5.69 Å². The van der Waals surface area contributed by atoms with Crippen LogP contribution in [0, 0.1) is 0 Å². The molecule has 4 rings (SSSR count). The number of para-hydroxylation sites is 2. The molecule has 6 nitrogen and oxygen atoms in total. The van der Waals surface area contributed by atoms with Crippen molar-refractivity contribution in [2.75, 3.05) is 18.5 Å². The van der Waals surface area contributed by atoms with Crippen molar-refractivity contribution in [3.63, 3.8) is 0 Å². The van der Waals surface area contributed by atoms with Crippen molar-refractivity contribution in [2.45, 2.75) is 31.9 Å². The average molecular weight is 365 g/mol. The van der Waals surface area contributed by atoms with Crippen LogP contribution in [0.2, 0.25) is 0 Å². The lowest BCUT2D eigenvalue weighted by atomic mass is 10.2. The summed E-state index contributed by atoms with van der Waals surface area (Å²) in [5, 5.41) is 2.94. The van der Waals surface area contributed by atoms with E-state index in [1.807, 2.05) is 53.1 Å². The van der Waals surface area contributed by atoms with Gasteiger partial charge in [-0.15, -0.1) is 0 Å². The normalized spacial score (nSPS) is 16.5. The van der Waals surface area contributed by atoms with E-state index in [4.69, 9.17) is 9.47 Å². The van der Waals surface area contributed by atoms with E-state index < -0.39 is 0 Å². The topological polar surface area (TPSA) is 65.4 Å². The van der Waals surface area contributed by atoms with Gasteiger partial charge in [0, 0.05) is 31.3 Å². The first kappa shape index (κ1) is 17.5. The van der Waals surface area contributed by atoms with Crippen molar-refractivity contribution >= 4 is 22.6 Å². The number of imidazole rings is 1. The number of amides is 1. The van der Waals surface area contributed by atoms with Crippen LogP contribution < -0.4 is 10.1 Å². The molecule has 1 amide bonds. The average Bonchev–Trinajstić information content (AvgIpc) is 3.35. The smallest absolute Gasteiger partial charge is 0.226 e. The van der Waals surface area contributed by atoms with Gasteiger partial charge in [0.1, 0.15) is 12.4 Å². The van der Waals surface area contributed by atoms with E-state index in [0.29, 0.717) is 19.6 Å². The molecule has 1 N–H and O–H groups in total. The van der Waals surface area contributed by atoms with Crippen LogP contribution in [0.25, 0.3) is 11.0 Å². The van der Waals surface area contributed by atoms with Crippen LogP contribution in [0.15, 0.2) is 54.9 Å². The number of carbonyl (C=O) groups is 1. The van der Waals surface area contributed by atoms with E-state index in [-0.39, 0.29) is 12.0 Å². The summed E-state index contributed by atoms with van der Waals surface area (Å²) in [6.45, 7) is 1.95. The Bertz CT molecular complexity index is 916. The predicted molar refractivity (Wildman–Crippen MR) is 104 cm³/mol. The zero-order valence-corrected chi connectivity index (χ0v) is 15.1. The minimum Gasteiger partial charge on any atom is -0.491 e. The maximum atomic E-state index is 12.3. The highest BCUT2D eigenvalue weighted by Crippen LogP contribution is 2.20. The second kappa shape index (κ2) is 8.22. The van der Waals surface area contributed by atoms with Crippen LogP contribution in [-0.2, 0) is 16.1 Å². The number of hydrogen-bond donors (Lipinski definition) is 1. The van der Waals surface area contributed by atoms with Gasteiger partial charge in [-0.1, -0.05) is 18.2 Å². The third-order valence-corrected chi connectivity index (χ3v) is 4.68. The van der Waals surface area contributed by atoms with Crippen molar-refractivity contribution in [1.29, 1.82) is 0 Å². The highest BCUT2D eigenvalue weighted by Gasteiger charge is 2.16. The number of aryl methyl sites for hydroxylation is 1. The largest absolute Gasteiger partial charge is 0.491 e. The van der Waals surface area contributed by atoms with Gasteiger partial charge in [-0.2, -0.15) is 0 Å². The van der Waals surface area contributed by atoms with Crippen LogP contribution >= 0.6 is 0 Å². The van der Waals surface area contributed by atoms with E-state index in [1.165, 1.54) is 0 Å². The molecule has 1 aromatic heterocycles. The molecule has 0 spiro atoms. The first-order valence-electron chi connectivity index (χ1n) is 9.32. The van der Waals surface area contributed by atoms with Gasteiger partial charge in [-0.3, -0.25) is 4.79 Å². The first-order valence-corrected chi connectivity index (χ1v) is 9.32. The fraction of sp³-hybridized carbons (Fsp3) is 0.333. The summed E-state index contributed by atoms with van der Waals surface area (Å²) in [6, 6.07) is 15.4. The number of nitrogens with zero attached hydrogens (tertiary/aromatic N) is 2. The second-order valence-corrected chi connectivity index (χ2v) is 6.70. The molecule has 3 aromatic rings. The Morgan fingerprint density at radius 1 is 1.26 bits per heavy atom. The molecule has 140 valence electrons. The minimum absolute atomic E-state index is 0.0379. The number of aromatic nitrogens is 2. The monoisotopic (exact) mass is 365 g/mol. The van der Waals surface area contributed by atoms with Crippen LogP contribution in [0.1, 0.15) is 19.3 Å². The minimum atomic E-state index is -0.0379. The SMILES string of the molecule is O=C(CCn1cnc2ccccc21)Nc1cccc(OCC2CCCO2)c1. The number of benzene rings is 2. The molecule has 1 aliphatic heterocycles. The summed E-state index contributed by atoms with van der Waals surface area (Å²) in [5.74, 6) is 0.702. The van der Waals surface area contributed by atoms with Gasteiger partial charge in [-0.25, -0.2) is 4.98 Å². The van der Waals surface area contributed by atoms with E-state index in [1.54, 1.807) is 6.33 Å². The molecular formula is C21H23N3O3. The van der Waals surface area contributed by atoms with Crippen LogP contribution in [0.3, 0.4) is 0 Å². The van der Waals surface area contributed by atoms with E-state index in [2.05, 4.69) is 10.3 Å². The van der Waals surface area contributed by atoms with E-state index in [9.17, 15) is 4.79 Å². The van der Waals surface area contributed by atoms with Crippen LogP contribution in [-0.4, -0.2) is 34.8 Å². The summed E-state index contributed by atoms with van der Waals surface area (Å²) in [6.07, 6.45) is 4.46. The third kappa shape index (κ3) is 4.46. The Labute approximate surface area is 158 Å². The molecule has 1 saturated heterocycles. The van der Waals surface area contributed by atoms with Crippen LogP contribution in [0.5, 0.6) is 5.75 Å². The van der Waals surface area contributed by atoms with Crippen molar-refractivity contribution in [1.82, 2.24) is 9.55 Å². The van der Waals surface area contributed by atoms with Gasteiger partial charge < -0.3 is 19.4 Å². The predicted octanol–water partition coefficient (Wildman–Crippen LogP) is 3.62. The molecule has 0 saturated carbocycles. The Morgan fingerprint density at radius 3 is 3.07 bits per heavy atom. The lowest BCUT2D eigenvalue weighted by Crippen LogP contribution is -2.16. The molecule has 1 unspecified atom stereocenters. The second-order valence-electron chi connectivity index (χ2n) is 6.70. The maximum Gasteiger partial charge on any atom is 0.226 e. The Morgan fingerprint density at radius 2 is 2.19 bits per heavy atom. The lowest BCUT2D eigenvalue weighted by molar-refractivity contribution is -0.116. The highest BCUT2D eigenvalue weighted by molar-refractivity contribution is 5.91. The van der Waals surface area contributed by atoms with Crippen molar-refractivity contribution < 1.29 is 14.3 Å². The molecule has 6 heteroatoms. The molecule has 1 aliphatic rings. The summed E-state index contributed by atoms with van der Waals surface area (Å²) in [4.78, 5) is 16.7. The maximum absolute atomic E-state index is 12.3. The Balaban J connectivity index is 1.30. The van der Waals surface area contributed by atoms with Gasteiger partial charge in [0.2, 0.25) is 5.91 Å². The van der Waals surface area contributed by atoms with Gasteiger partial charge >= 0.3 is 0 Å². The lowest BCUT2D eigenvalue weighted by Gasteiger charge is -2.12. The zero-order chi connectivity index (χ0) is 18.5. The third-order valence-electron chi connectivity index (χ3n) is 4.68. The molecule has 2 aromatic carbocycles. The van der Waals surface area contributed by atoms with Crippen molar-refractivity contribution in [3.05, 3.63) is 54.9 Å². The van der Waals surface area contributed by atoms with Gasteiger partial charge in [0.15, 0.2) is 0 Å². The molecule has 27 heavy (non-hydrogen) atoms. The summed E-state index contributed by atoms with van der Waals surface area (Å²) >= 11 is 0. The van der Waals surface area contributed by atoms with E-state index in [0.717, 1.165) is 41.9 Å². The summed E-state index contributed by atoms with van der Waals surface area (Å²) in [5.41, 5.74) is 2.71. The highest BCUT2D eigenvalue weighted by atomic mass is 16.5. The van der Waals surface area contributed by atoms with Crippen molar-refractivity contribution in [2.24, 2.45) is 0 Å². The molecule has 1 atom stereocenters. The Hall–Kier alpha value is -2.86. The number of rotatable bonds is 7. The van der Waals surface area contributed by atoms with Gasteiger partial charge in [0.05, 0.1) is 23.5 Å². The van der Waals surface area contributed by atoms with Gasteiger partial charge in [-0.05, 0) is 37.1 Å². The molecule has 0 bridgehead atoms. The summed E-state index contributed by atoms with van der Waals surface area (Å²) in [7, 11) is 0. The molecule has 0 aliphatic carbocycles. The van der Waals surface area contributed by atoms with E-state index >= 15 is 0 Å². The number of anilines is 1. The fourth-order valence-electron chi connectivity index (χ4n) is 3.26. The van der Waals surface area contributed by atoms with Crippen molar-refractivity contribution in [3.8, 4) is 5.75 Å². The number of fused-ring (bicyclic) bond motifs is 1. The summed E-state index contributed by atoms with van der Waals surface area (Å²) < 4.78 is 13.4. The number of ether oxygens (including phenoxy) is 2. The molecule has 0 radical (unpaired) electrons. The molecule has 1 fully saturated rings. The number of nitrogens with one attached hydrogen (secondary N) is 1. The molecule has 2 heterocycles.